The molecule has 3 aromatic rings. The van der Waals surface area contributed by atoms with E-state index in [-0.39, 0.29) is 17.4 Å². The summed E-state index contributed by atoms with van der Waals surface area (Å²) >= 11 is 6.66. The molecule has 0 heterocycles. The first-order valence-corrected chi connectivity index (χ1v) is 11.1. The van der Waals surface area contributed by atoms with E-state index in [0.717, 1.165) is 5.56 Å². The summed E-state index contributed by atoms with van der Waals surface area (Å²) in [5.41, 5.74) is 1.30. The molecule has 1 aliphatic carbocycles. The number of hydrogen-bond acceptors (Lipinski definition) is 1. The van der Waals surface area contributed by atoms with E-state index < -0.39 is 28.1 Å². The van der Waals surface area contributed by atoms with Crippen molar-refractivity contribution in [3.63, 3.8) is 0 Å². The molecule has 3 atom stereocenters. The van der Waals surface area contributed by atoms with Crippen LogP contribution in [0.1, 0.15) is 43.4 Å². The highest BCUT2D eigenvalue weighted by atomic mass is 35.5. The highest BCUT2D eigenvalue weighted by molar-refractivity contribution is 6.30. The van der Waals surface area contributed by atoms with Crippen LogP contribution in [0.5, 0.6) is 0 Å². The molecule has 3 unspecified atom stereocenters. The minimum absolute atomic E-state index is 0.131. The Morgan fingerprint density at radius 3 is 2.21 bits per heavy atom. The Morgan fingerprint density at radius 1 is 1.03 bits per heavy atom. The summed E-state index contributed by atoms with van der Waals surface area (Å²) in [4.78, 5) is 12.3. The molecule has 1 amide bonds. The van der Waals surface area contributed by atoms with Gasteiger partial charge in [0.1, 0.15) is 17.3 Å². The topological polar surface area (TPSA) is 29.1 Å². The molecule has 0 aliphatic heterocycles. The second-order valence-corrected chi connectivity index (χ2v) is 10.1. The fourth-order valence-corrected chi connectivity index (χ4v) is 4.85. The lowest BCUT2D eigenvalue weighted by Gasteiger charge is -2.15. The van der Waals surface area contributed by atoms with Gasteiger partial charge in [-0.15, -0.1) is 11.6 Å². The zero-order valence-corrected chi connectivity index (χ0v) is 19.6. The van der Waals surface area contributed by atoms with Crippen LogP contribution in [-0.4, -0.2) is 10.8 Å². The van der Waals surface area contributed by atoms with E-state index >= 15 is 0 Å². The quantitative estimate of drug-likeness (QED) is 0.383. The molecule has 1 saturated carbocycles. The number of nitrogens with one attached hydrogen (secondary N) is 1. The van der Waals surface area contributed by atoms with Gasteiger partial charge >= 0.3 is 0 Å². The molecule has 6 heteroatoms. The number of benzene rings is 3. The standard InChI is InChI=1S/C27H25ClF3NO/c1-15-8-13-18(14-19(15)22-20(29)6-5-7-21(22)30)32-25(33)24-23(27(24,4)28)16-9-11-17(12-10-16)26(2,3)31/h5-14,23-24H,1-4H3,(H,32,33). The Kier molecular flexibility index (Phi) is 5.81. The van der Waals surface area contributed by atoms with Crippen LogP contribution in [0.15, 0.2) is 60.7 Å². The molecule has 1 N–H and O–H groups in total. The van der Waals surface area contributed by atoms with Gasteiger partial charge in [-0.3, -0.25) is 4.79 Å². The third kappa shape index (κ3) is 4.39. The molecule has 172 valence electrons. The van der Waals surface area contributed by atoms with Crippen molar-refractivity contribution in [1.82, 2.24) is 0 Å². The van der Waals surface area contributed by atoms with Gasteiger partial charge in [-0.2, -0.15) is 0 Å². The monoisotopic (exact) mass is 471 g/mol. The maximum atomic E-state index is 14.3. The van der Waals surface area contributed by atoms with E-state index in [9.17, 15) is 18.0 Å². The SMILES string of the molecule is Cc1ccc(NC(=O)C2C(c3ccc(C(C)(C)F)cc3)C2(C)Cl)cc1-c1c(F)cccc1F. The summed E-state index contributed by atoms with van der Waals surface area (Å²) in [6, 6.07) is 15.7. The first-order chi connectivity index (χ1) is 15.4. The molecule has 0 saturated heterocycles. The van der Waals surface area contributed by atoms with Gasteiger partial charge in [0, 0.05) is 11.6 Å². The van der Waals surface area contributed by atoms with E-state index in [1.54, 1.807) is 56.3 Å². The predicted molar refractivity (Wildman–Crippen MR) is 126 cm³/mol. The van der Waals surface area contributed by atoms with Gasteiger partial charge in [-0.1, -0.05) is 36.4 Å². The molecular weight excluding hydrogens is 447 g/mol. The molecule has 0 aromatic heterocycles. The van der Waals surface area contributed by atoms with Crippen molar-refractivity contribution in [3.8, 4) is 11.1 Å². The van der Waals surface area contributed by atoms with E-state index in [1.165, 1.54) is 32.0 Å². The Bertz CT molecular complexity index is 1190. The highest BCUT2D eigenvalue weighted by Gasteiger charge is 2.64. The summed E-state index contributed by atoms with van der Waals surface area (Å²) in [5.74, 6) is -2.35. The van der Waals surface area contributed by atoms with Gasteiger partial charge < -0.3 is 5.32 Å². The van der Waals surface area contributed by atoms with Crippen LogP contribution < -0.4 is 5.32 Å². The summed E-state index contributed by atoms with van der Waals surface area (Å²) in [7, 11) is 0. The molecule has 0 radical (unpaired) electrons. The van der Waals surface area contributed by atoms with Crippen molar-refractivity contribution in [1.29, 1.82) is 0 Å². The Morgan fingerprint density at radius 2 is 1.64 bits per heavy atom. The Labute approximate surface area is 196 Å². The average Bonchev–Trinajstić information content (AvgIpc) is 3.31. The maximum absolute atomic E-state index is 14.3. The number of amides is 1. The Hall–Kier alpha value is -2.79. The predicted octanol–water partition coefficient (Wildman–Crippen LogP) is 7.49. The van der Waals surface area contributed by atoms with Crippen molar-refractivity contribution in [2.24, 2.45) is 5.92 Å². The van der Waals surface area contributed by atoms with Crippen LogP contribution in [0.2, 0.25) is 0 Å². The van der Waals surface area contributed by atoms with Crippen molar-refractivity contribution in [2.45, 2.75) is 44.2 Å². The molecule has 1 aliphatic rings. The summed E-state index contributed by atoms with van der Waals surface area (Å²) in [5, 5.41) is 2.84. The molecule has 0 bridgehead atoms. The lowest BCUT2D eigenvalue weighted by Crippen LogP contribution is -2.17. The van der Waals surface area contributed by atoms with Gasteiger partial charge in [-0.25, -0.2) is 13.2 Å². The van der Waals surface area contributed by atoms with E-state index in [4.69, 9.17) is 11.6 Å². The fourth-order valence-electron chi connectivity index (χ4n) is 4.44. The average molecular weight is 472 g/mol. The van der Waals surface area contributed by atoms with Crippen molar-refractivity contribution < 1.29 is 18.0 Å². The van der Waals surface area contributed by atoms with Crippen LogP contribution in [0.25, 0.3) is 11.1 Å². The zero-order valence-electron chi connectivity index (χ0n) is 18.8. The number of carbonyl (C=O) groups is 1. The van der Waals surface area contributed by atoms with Gasteiger partial charge in [0.05, 0.1) is 16.4 Å². The number of carbonyl (C=O) groups excluding carboxylic acids is 1. The first kappa shape index (κ1) is 23.4. The highest BCUT2D eigenvalue weighted by Crippen LogP contribution is 2.62. The smallest absolute Gasteiger partial charge is 0.229 e. The van der Waals surface area contributed by atoms with Crippen molar-refractivity contribution in [3.05, 3.63) is 89.0 Å². The number of hydrogen-bond donors (Lipinski definition) is 1. The summed E-state index contributed by atoms with van der Waals surface area (Å²) < 4.78 is 42.8. The zero-order chi connectivity index (χ0) is 24.1. The van der Waals surface area contributed by atoms with Gasteiger partial charge in [0.25, 0.3) is 0 Å². The van der Waals surface area contributed by atoms with Gasteiger partial charge in [0.2, 0.25) is 5.91 Å². The number of aryl methyl sites for hydroxylation is 1. The lowest BCUT2D eigenvalue weighted by molar-refractivity contribution is -0.117. The maximum Gasteiger partial charge on any atom is 0.229 e. The molecule has 0 spiro atoms. The number of rotatable bonds is 5. The largest absolute Gasteiger partial charge is 0.326 e. The second-order valence-electron chi connectivity index (χ2n) is 9.32. The molecule has 4 rings (SSSR count). The third-order valence-corrected chi connectivity index (χ3v) is 6.89. The van der Waals surface area contributed by atoms with E-state index in [0.29, 0.717) is 22.4 Å². The van der Waals surface area contributed by atoms with Crippen LogP contribution in [0.3, 0.4) is 0 Å². The Balaban J connectivity index is 1.57. The summed E-state index contributed by atoms with van der Waals surface area (Å²) in [6.07, 6.45) is 0. The van der Waals surface area contributed by atoms with E-state index in [1.807, 2.05) is 0 Å². The summed E-state index contributed by atoms with van der Waals surface area (Å²) in [6.45, 7) is 6.53. The molecule has 3 aromatic carbocycles. The van der Waals surface area contributed by atoms with Gasteiger partial charge in [-0.05, 0) is 74.2 Å². The minimum atomic E-state index is -1.45. The van der Waals surface area contributed by atoms with Crippen LogP contribution >= 0.6 is 11.6 Å². The molecule has 33 heavy (non-hydrogen) atoms. The minimum Gasteiger partial charge on any atom is -0.326 e. The van der Waals surface area contributed by atoms with Crippen LogP contribution in [-0.2, 0) is 10.5 Å². The lowest BCUT2D eigenvalue weighted by atomic mass is 9.97. The molecule has 2 nitrogen and oxygen atoms in total. The third-order valence-electron chi connectivity index (χ3n) is 6.42. The molecule has 1 fully saturated rings. The fraction of sp³-hybridized carbons (Fsp3) is 0.296. The van der Waals surface area contributed by atoms with Crippen LogP contribution in [0, 0.1) is 24.5 Å². The second kappa shape index (κ2) is 8.21. The van der Waals surface area contributed by atoms with E-state index in [2.05, 4.69) is 5.32 Å². The number of anilines is 1. The van der Waals surface area contributed by atoms with Crippen LogP contribution in [0.4, 0.5) is 18.9 Å². The number of alkyl halides is 2. The number of halogens is 4. The normalized spacial score (nSPS) is 22.2. The van der Waals surface area contributed by atoms with Crippen molar-refractivity contribution >= 4 is 23.2 Å². The van der Waals surface area contributed by atoms with Gasteiger partial charge in [0.15, 0.2) is 0 Å². The molecular formula is C27H25ClF3NO. The van der Waals surface area contributed by atoms with Crippen molar-refractivity contribution in [2.75, 3.05) is 5.32 Å². The first-order valence-electron chi connectivity index (χ1n) is 10.8.